The zero-order valence-electron chi connectivity index (χ0n) is 13.7. The Bertz CT molecular complexity index is 755. The number of aromatic amines is 1. The topological polar surface area (TPSA) is 71.2 Å². The van der Waals surface area contributed by atoms with Crippen LogP contribution in [0.5, 0.6) is 5.75 Å². The number of carbonyl (C=O) groups excluding carboxylic acids is 1. The van der Waals surface area contributed by atoms with Gasteiger partial charge in [0.1, 0.15) is 17.4 Å². The fourth-order valence-electron chi connectivity index (χ4n) is 3.07. The smallest absolute Gasteiger partial charge is 0.257 e. The van der Waals surface area contributed by atoms with E-state index in [4.69, 9.17) is 4.74 Å². The number of benzene rings is 1. The number of amides is 1. The van der Waals surface area contributed by atoms with E-state index in [-0.39, 0.29) is 29.0 Å². The average Bonchev–Trinajstić information content (AvgIpc) is 2.57. The summed E-state index contributed by atoms with van der Waals surface area (Å²) in [7, 11) is 0. The van der Waals surface area contributed by atoms with Gasteiger partial charge in [-0.15, -0.1) is 0 Å². The van der Waals surface area contributed by atoms with E-state index in [9.17, 15) is 9.59 Å². The summed E-state index contributed by atoms with van der Waals surface area (Å²) in [6.45, 7) is 1.79. The van der Waals surface area contributed by atoms with Crippen molar-refractivity contribution in [2.24, 2.45) is 0 Å². The van der Waals surface area contributed by atoms with Gasteiger partial charge in [-0.05, 0) is 38.3 Å². The molecule has 0 spiro atoms. The van der Waals surface area contributed by atoms with Crippen LogP contribution in [0.25, 0.3) is 0 Å². The van der Waals surface area contributed by atoms with Gasteiger partial charge in [0.2, 0.25) is 0 Å². The minimum absolute atomic E-state index is 0.0744. The van der Waals surface area contributed by atoms with Crippen molar-refractivity contribution < 1.29 is 9.53 Å². The number of nitrogens with one attached hydrogen (secondary N) is 2. The molecule has 3 rings (SSSR count). The van der Waals surface area contributed by atoms with Gasteiger partial charge in [-0.3, -0.25) is 9.59 Å². The molecular formula is C19H22N2O3. The van der Waals surface area contributed by atoms with E-state index in [0.717, 1.165) is 37.1 Å². The normalized spacial score (nSPS) is 20.4. The molecule has 1 amide bonds. The molecular weight excluding hydrogens is 304 g/mol. The van der Waals surface area contributed by atoms with Crippen LogP contribution >= 0.6 is 0 Å². The van der Waals surface area contributed by atoms with Crippen LogP contribution in [-0.2, 0) is 0 Å². The van der Waals surface area contributed by atoms with Crippen LogP contribution in [0.3, 0.4) is 0 Å². The lowest BCUT2D eigenvalue weighted by Gasteiger charge is -2.32. The number of pyridine rings is 1. The van der Waals surface area contributed by atoms with Gasteiger partial charge < -0.3 is 15.0 Å². The highest BCUT2D eigenvalue weighted by atomic mass is 16.5. The van der Waals surface area contributed by atoms with Crippen LogP contribution in [-0.4, -0.2) is 23.0 Å². The quantitative estimate of drug-likeness (QED) is 0.907. The molecule has 0 aliphatic heterocycles. The molecule has 1 aromatic heterocycles. The first-order valence-corrected chi connectivity index (χ1v) is 8.35. The Hall–Kier alpha value is -2.56. The molecule has 1 aliphatic rings. The zero-order valence-corrected chi connectivity index (χ0v) is 13.7. The predicted octanol–water partition coefficient (Wildman–Crippen LogP) is 2.80. The van der Waals surface area contributed by atoms with Crippen LogP contribution in [0.15, 0.2) is 47.4 Å². The third-order valence-electron chi connectivity index (χ3n) is 4.35. The maximum Gasteiger partial charge on any atom is 0.257 e. The van der Waals surface area contributed by atoms with Crippen molar-refractivity contribution in [3.05, 3.63) is 64.1 Å². The summed E-state index contributed by atoms with van der Waals surface area (Å²) in [6, 6.07) is 11.0. The first-order chi connectivity index (χ1) is 11.6. The van der Waals surface area contributed by atoms with Crippen LogP contribution < -0.4 is 15.5 Å². The first-order valence-electron chi connectivity index (χ1n) is 8.35. The van der Waals surface area contributed by atoms with Gasteiger partial charge in [-0.25, -0.2) is 0 Å². The summed E-state index contributed by atoms with van der Waals surface area (Å²) in [5.41, 5.74) is 0.615. The maximum atomic E-state index is 12.5. The van der Waals surface area contributed by atoms with Gasteiger partial charge >= 0.3 is 0 Å². The molecule has 1 saturated carbocycles. The van der Waals surface area contributed by atoms with E-state index in [1.807, 2.05) is 30.3 Å². The average molecular weight is 326 g/mol. The summed E-state index contributed by atoms with van der Waals surface area (Å²) in [5.74, 6) is 0.460. The van der Waals surface area contributed by atoms with Crippen molar-refractivity contribution in [2.75, 3.05) is 0 Å². The van der Waals surface area contributed by atoms with Gasteiger partial charge in [0.15, 0.2) is 5.43 Å². The Morgan fingerprint density at radius 2 is 1.96 bits per heavy atom. The highest BCUT2D eigenvalue weighted by Crippen LogP contribution is 2.24. The third kappa shape index (κ3) is 3.85. The van der Waals surface area contributed by atoms with Crippen LogP contribution in [0.2, 0.25) is 0 Å². The number of ether oxygens (including phenoxy) is 1. The molecule has 1 heterocycles. The number of H-pyrrole nitrogens is 1. The molecule has 0 bridgehead atoms. The van der Waals surface area contributed by atoms with Crippen molar-refractivity contribution in [2.45, 2.75) is 44.8 Å². The van der Waals surface area contributed by atoms with Crippen molar-refractivity contribution in [1.82, 2.24) is 10.3 Å². The molecule has 2 aromatic rings. The Morgan fingerprint density at radius 1 is 1.21 bits per heavy atom. The van der Waals surface area contributed by atoms with Gasteiger partial charge in [-0.2, -0.15) is 0 Å². The predicted molar refractivity (Wildman–Crippen MR) is 92.4 cm³/mol. The Morgan fingerprint density at radius 3 is 2.71 bits per heavy atom. The van der Waals surface area contributed by atoms with Crippen molar-refractivity contribution in [3.8, 4) is 5.75 Å². The molecule has 2 N–H and O–H groups in total. The second kappa shape index (κ2) is 7.34. The van der Waals surface area contributed by atoms with Gasteiger partial charge in [0, 0.05) is 18.0 Å². The van der Waals surface area contributed by atoms with Gasteiger partial charge in [0.05, 0.1) is 6.04 Å². The number of hydrogen-bond acceptors (Lipinski definition) is 3. The standard InChI is InChI=1S/C19H22N2O3/c1-13-11-17(22)15(12-20-13)19(23)21-16-9-5-6-10-18(16)24-14-7-3-2-4-8-14/h2-4,7-8,11-12,16,18H,5-6,9-10H2,1H3,(H,20,22)(H,21,23)/t16-,18+/m0/s1. The Kier molecular flexibility index (Phi) is 4.99. The van der Waals surface area contributed by atoms with Gasteiger partial charge in [-0.1, -0.05) is 24.6 Å². The van der Waals surface area contributed by atoms with Gasteiger partial charge in [0.25, 0.3) is 5.91 Å². The van der Waals surface area contributed by atoms with Crippen molar-refractivity contribution in [3.63, 3.8) is 0 Å². The lowest BCUT2D eigenvalue weighted by Crippen LogP contribution is -2.48. The minimum Gasteiger partial charge on any atom is -0.488 e. The van der Waals surface area contributed by atoms with Crippen LogP contribution in [0.4, 0.5) is 0 Å². The van der Waals surface area contributed by atoms with E-state index in [2.05, 4.69) is 10.3 Å². The van der Waals surface area contributed by atoms with Crippen LogP contribution in [0, 0.1) is 6.92 Å². The molecule has 0 unspecified atom stereocenters. The number of para-hydroxylation sites is 1. The summed E-state index contributed by atoms with van der Waals surface area (Å²) < 4.78 is 6.05. The molecule has 1 fully saturated rings. The molecule has 5 heteroatoms. The van der Waals surface area contributed by atoms with E-state index in [1.54, 1.807) is 6.92 Å². The van der Waals surface area contributed by atoms with E-state index < -0.39 is 0 Å². The molecule has 126 valence electrons. The molecule has 0 saturated heterocycles. The zero-order chi connectivity index (χ0) is 16.9. The van der Waals surface area contributed by atoms with E-state index >= 15 is 0 Å². The molecule has 1 aliphatic carbocycles. The molecule has 0 radical (unpaired) electrons. The number of carbonyl (C=O) groups is 1. The number of aromatic nitrogens is 1. The molecule has 2 atom stereocenters. The lowest BCUT2D eigenvalue weighted by atomic mass is 9.92. The SMILES string of the molecule is Cc1cc(=O)c(C(=O)N[C@H]2CCCC[C@H]2Oc2ccccc2)c[nH]1. The lowest BCUT2D eigenvalue weighted by molar-refractivity contribution is 0.0796. The molecule has 24 heavy (non-hydrogen) atoms. The number of aryl methyl sites for hydroxylation is 1. The number of hydrogen-bond donors (Lipinski definition) is 2. The summed E-state index contributed by atoms with van der Waals surface area (Å²) in [6.07, 6.45) is 5.27. The third-order valence-corrected chi connectivity index (χ3v) is 4.35. The Labute approximate surface area is 141 Å². The highest BCUT2D eigenvalue weighted by molar-refractivity contribution is 5.94. The fraction of sp³-hybridized carbons (Fsp3) is 0.368. The minimum atomic E-state index is -0.343. The molecule has 1 aromatic carbocycles. The second-order valence-corrected chi connectivity index (χ2v) is 6.23. The summed E-state index contributed by atoms with van der Waals surface area (Å²) >= 11 is 0. The van der Waals surface area contributed by atoms with Crippen LogP contribution in [0.1, 0.15) is 41.7 Å². The largest absolute Gasteiger partial charge is 0.488 e. The fourth-order valence-corrected chi connectivity index (χ4v) is 3.07. The van der Waals surface area contributed by atoms with Crippen molar-refractivity contribution in [1.29, 1.82) is 0 Å². The maximum absolute atomic E-state index is 12.5. The van der Waals surface area contributed by atoms with E-state index in [1.165, 1.54) is 12.3 Å². The highest BCUT2D eigenvalue weighted by Gasteiger charge is 2.29. The molecule has 5 nitrogen and oxygen atoms in total. The Balaban J connectivity index is 1.71. The first kappa shape index (κ1) is 16.3. The summed E-state index contributed by atoms with van der Waals surface area (Å²) in [4.78, 5) is 27.4. The monoisotopic (exact) mass is 326 g/mol. The summed E-state index contributed by atoms with van der Waals surface area (Å²) in [5, 5.41) is 2.98. The van der Waals surface area contributed by atoms with Crippen molar-refractivity contribution >= 4 is 5.91 Å². The second-order valence-electron chi connectivity index (χ2n) is 6.23. The number of rotatable bonds is 4. The van der Waals surface area contributed by atoms with E-state index in [0.29, 0.717) is 0 Å².